The molecule has 1 aliphatic carbocycles. The third-order valence-electron chi connectivity index (χ3n) is 4.47. The third-order valence-corrected chi connectivity index (χ3v) is 4.47. The summed E-state index contributed by atoms with van der Waals surface area (Å²) in [5.41, 5.74) is 3.25. The molecule has 0 saturated carbocycles. The lowest BCUT2D eigenvalue weighted by Crippen LogP contribution is -2.24. The van der Waals surface area contributed by atoms with Crippen molar-refractivity contribution in [2.24, 2.45) is 0 Å². The molecule has 0 saturated heterocycles. The molecule has 0 atom stereocenters. The average Bonchev–Trinajstić information content (AvgIpc) is 3.28. The molecule has 0 unspecified atom stereocenters. The topological polar surface area (TPSA) is 60.1 Å². The zero-order chi connectivity index (χ0) is 17.2. The molecule has 5 nitrogen and oxygen atoms in total. The molecule has 6 heteroatoms. The molecule has 4 rings (SSSR count). The molecule has 0 bridgehead atoms. The minimum atomic E-state index is -0.291. The van der Waals surface area contributed by atoms with Crippen molar-refractivity contribution in [2.75, 3.05) is 0 Å². The summed E-state index contributed by atoms with van der Waals surface area (Å²) in [5.74, 6) is 0.191. The van der Waals surface area contributed by atoms with E-state index in [1.54, 1.807) is 29.1 Å². The normalized spacial score (nSPS) is 13.5. The van der Waals surface area contributed by atoms with Crippen LogP contribution >= 0.6 is 0 Å². The van der Waals surface area contributed by atoms with Crippen LogP contribution in [0.5, 0.6) is 0 Å². The maximum absolute atomic E-state index is 13.2. The maximum atomic E-state index is 13.2. The summed E-state index contributed by atoms with van der Waals surface area (Å²) in [7, 11) is 0. The molecular weight excluding hydrogens is 321 g/mol. The first-order valence-electron chi connectivity index (χ1n) is 8.39. The highest BCUT2D eigenvalue weighted by Crippen LogP contribution is 2.27. The molecular formula is C19H18FN3O2. The Morgan fingerprint density at radius 2 is 2.00 bits per heavy atom. The highest BCUT2D eigenvalue weighted by molar-refractivity contribution is 5.94. The number of hydrogen-bond donors (Lipinski definition) is 1. The lowest BCUT2D eigenvalue weighted by atomic mass is 9.95. The van der Waals surface area contributed by atoms with E-state index in [1.165, 1.54) is 12.1 Å². The van der Waals surface area contributed by atoms with Crippen LogP contribution in [0.15, 0.2) is 47.1 Å². The van der Waals surface area contributed by atoms with Gasteiger partial charge in [-0.1, -0.05) is 0 Å². The number of rotatable bonds is 4. The van der Waals surface area contributed by atoms with Gasteiger partial charge in [-0.3, -0.25) is 4.79 Å². The van der Waals surface area contributed by atoms with Crippen LogP contribution in [0.3, 0.4) is 0 Å². The van der Waals surface area contributed by atoms with Crippen LogP contribution in [0, 0.1) is 5.82 Å². The van der Waals surface area contributed by atoms with Crippen molar-refractivity contribution >= 4 is 5.91 Å². The first-order valence-corrected chi connectivity index (χ1v) is 8.39. The van der Waals surface area contributed by atoms with E-state index in [4.69, 9.17) is 4.42 Å². The second-order valence-electron chi connectivity index (χ2n) is 6.13. The van der Waals surface area contributed by atoms with Gasteiger partial charge in [0, 0.05) is 11.3 Å². The summed E-state index contributed by atoms with van der Waals surface area (Å²) in [6.45, 7) is 0.323. The number of benzene rings is 1. The van der Waals surface area contributed by atoms with E-state index in [0.717, 1.165) is 42.6 Å². The number of hydrogen-bond acceptors (Lipinski definition) is 3. The molecule has 128 valence electrons. The highest BCUT2D eigenvalue weighted by atomic mass is 19.1. The van der Waals surface area contributed by atoms with E-state index in [0.29, 0.717) is 18.0 Å². The predicted molar refractivity (Wildman–Crippen MR) is 90.0 cm³/mol. The standard InChI is InChI=1S/C19H18FN3O2/c20-13-7-9-14(10-8-13)23-17-6-2-1-5-16(17)18(22-23)19(24)21-12-15-4-3-11-25-15/h3-4,7-11H,1-2,5-6,12H2,(H,21,24). The monoisotopic (exact) mass is 339 g/mol. The van der Waals surface area contributed by atoms with Gasteiger partial charge in [0.1, 0.15) is 11.6 Å². The van der Waals surface area contributed by atoms with Gasteiger partial charge in [0.05, 0.1) is 18.5 Å². The molecule has 1 aromatic carbocycles. The lowest BCUT2D eigenvalue weighted by molar-refractivity contribution is 0.0941. The maximum Gasteiger partial charge on any atom is 0.272 e. The lowest BCUT2D eigenvalue weighted by Gasteiger charge is -2.14. The molecule has 1 N–H and O–H groups in total. The summed E-state index contributed by atoms with van der Waals surface area (Å²) < 4.78 is 20.2. The van der Waals surface area contributed by atoms with Gasteiger partial charge in [0.25, 0.3) is 5.91 Å². The van der Waals surface area contributed by atoms with Gasteiger partial charge >= 0.3 is 0 Å². The molecule has 0 fully saturated rings. The van der Waals surface area contributed by atoms with Gasteiger partial charge in [-0.25, -0.2) is 9.07 Å². The number of carbonyl (C=O) groups is 1. The summed E-state index contributed by atoms with van der Waals surface area (Å²) in [6, 6.07) is 9.77. The average molecular weight is 339 g/mol. The van der Waals surface area contributed by atoms with Crippen LogP contribution in [0.4, 0.5) is 4.39 Å². The number of fused-ring (bicyclic) bond motifs is 1. The number of nitrogens with zero attached hydrogens (tertiary/aromatic N) is 2. The number of amides is 1. The Morgan fingerprint density at radius 3 is 2.76 bits per heavy atom. The third kappa shape index (κ3) is 3.07. The van der Waals surface area contributed by atoms with Crippen LogP contribution in [0.2, 0.25) is 0 Å². The van der Waals surface area contributed by atoms with E-state index >= 15 is 0 Å². The smallest absolute Gasteiger partial charge is 0.272 e. The van der Waals surface area contributed by atoms with Crippen molar-refractivity contribution in [3.05, 3.63) is 71.2 Å². The number of carbonyl (C=O) groups excluding carboxylic acids is 1. The molecule has 0 spiro atoms. The highest BCUT2D eigenvalue weighted by Gasteiger charge is 2.25. The number of nitrogens with one attached hydrogen (secondary N) is 1. The van der Waals surface area contributed by atoms with Crippen molar-refractivity contribution < 1.29 is 13.6 Å². The van der Waals surface area contributed by atoms with Crippen LogP contribution in [-0.2, 0) is 19.4 Å². The second-order valence-corrected chi connectivity index (χ2v) is 6.13. The van der Waals surface area contributed by atoms with Crippen molar-refractivity contribution in [3.63, 3.8) is 0 Å². The fourth-order valence-electron chi connectivity index (χ4n) is 3.24. The van der Waals surface area contributed by atoms with E-state index in [1.807, 2.05) is 6.07 Å². The van der Waals surface area contributed by atoms with Gasteiger partial charge < -0.3 is 9.73 Å². The van der Waals surface area contributed by atoms with Gasteiger partial charge in [0.2, 0.25) is 0 Å². The fourth-order valence-corrected chi connectivity index (χ4v) is 3.24. The van der Waals surface area contributed by atoms with Gasteiger partial charge in [0.15, 0.2) is 5.69 Å². The molecule has 0 aliphatic heterocycles. The number of halogens is 1. The van der Waals surface area contributed by atoms with Crippen molar-refractivity contribution in [3.8, 4) is 5.69 Å². The van der Waals surface area contributed by atoms with Crippen LogP contribution < -0.4 is 5.32 Å². The molecule has 25 heavy (non-hydrogen) atoms. The predicted octanol–water partition coefficient (Wildman–Crippen LogP) is 3.41. The molecule has 2 heterocycles. The summed E-state index contributed by atoms with van der Waals surface area (Å²) >= 11 is 0. The first kappa shape index (κ1) is 15.6. The van der Waals surface area contributed by atoms with Crippen LogP contribution in [-0.4, -0.2) is 15.7 Å². The SMILES string of the molecule is O=C(NCc1ccco1)c1nn(-c2ccc(F)cc2)c2c1CCCC2. The van der Waals surface area contributed by atoms with Crippen LogP contribution in [0.1, 0.15) is 40.3 Å². The van der Waals surface area contributed by atoms with E-state index in [-0.39, 0.29) is 11.7 Å². The Balaban J connectivity index is 1.65. The number of aromatic nitrogens is 2. The summed E-state index contributed by atoms with van der Waals surface area (Å²) in [4.78, 5) is 12.6. The van der Waals surface area contributed by atoms with Gasteiger partial charge in [-0.05, 0) is 62.1 Å². The summed E-state index contributed by atoms with van der Waals surface area (Å²) in [5, 5.41) is 7.40. The number of furan rings is 1. The Hall–Kier alpha value is -2.89. The Bertz CT molecular complexity index is 882. The van der Waals surface area contributed by atoms with E-state index < -0.39 is 0 Å². The molecule has 2 aromatic heterocycles. The van der Waals surface area contributed by atoms with Crippen molar-refractivity contribution in [1.29, 1.82) is 0 Å². The Kier molecular flexibility index (Phi) is 4.09. The molecule has 1 aliphatic rings. The molecule has 1 amide bonds. The Labute approximate surface area is 144 Å². The van der Waals surface area contributed by atoms with E-state index in [2.05, 4.69) is 10.4 Å². The minimum absolute atomic E-state index is 0.213. The summed E-state index contributed by atoms with van der Waals surface area (Å²) in [6.07, 6.45) is 5.38. The van der Waals surface area contributed by atoms with E-state index in [9.17, 15) is 9.18 Å². The minimum Gasteiger partial charge on any atom is -0.467 e. The Morgan fingerprint density at radius 1 is 1.20 bits per heavy atom. The van der Waals surface area contributed by atoms with Gasteiger partial charge in [-0.2, -0.15) is 5.10 Å². The second kappa shape index (κ2) is 6.55. The fraction of sp³-hybridized carbons (Fsp3) is 0.263. The van der Waals surface area contributed by atoms with Crippen molar-refractivity contribution in [1.82, 2.24) is 15.1 Å². The van der Waals surface area contributed by atoms with Crippen molar-refractivity contribution in [2.45, 2.75) is 32.2 Å². The molecule has 3 aromatic rings. The molecule has 0 radical (unpaired) electrons. The van der Waals surface area contributed by atoms with Gasteiger partial charge in [-0.15, -0.1) is 0 Å². The largest absolute Gasteiger partial charge is 0.467 e. The first-order chi connectivity index (χ1) is 12.2. The zero-order valence-corrected chi connectivity index (χ0v) is 13.7. The quantitative estimate of drug-likeness (QED) is 0.792. The van der Waals surface area contributed by atoms with Crippen LogP contribution in [0.25, 0.3) is 5.69 Å². The zero-order valence-electron chi connectivity index (χ0n) is 13.7.